The molecule has 14 aromatic rings. The van der Waals surface area contributed by atoms with Gasteiger partial charge in [-0.15, -0.1) is 34.0 Å². The van der Waals surface area contributed by atoms with Crippen molar-refractivity contribution in [2.45, 2.75) is 171 Å². The lowest BCUT2D eigenvalue weighted by Crippen LogP contribution is -1.94. The number of aromatic nitrogens is 20. The zero-order chi connectivity index (χ0) is 69.9. The van der Waals surface area contributed by atoms with E-state index in [2.05, 4.69) is 114 Å². The number of nitrogens with zero attached hydrogens (tertiary/aromatic N) is 18. The number of aromatic amines is 2. The minimum Gasteiger partial charge on any atom is -0.276 e. The van der Waals surface area contributed by atoms with Crippen molar-refractivity contribution >= 4 is 110 Å². The molecule has 0 saturated carbocycles. The Balaban J connectivity index is 0.00000101. The molecule has 0 bridgehead atoms. The highest BCUT2D eigenvalue weighted by Gasteiger charge is 2.18. The van der Waals surface area contributed by atoms with Crippen molar-refractivity contribution in [2.24, 2.45) is 56.4 Å². The summed E-state index contributed by atoms with van der Waals surface area (Å²) < 4.78 is 16.4. The normalized spacial score (nSPS) is 10.0. The highest BCUT2D eigenvalue weighted by molar-refractivity contribution is 7.98. The van der Waals surface area contributed by atoms with Gasteiger partial charge >= 0.3 is 0 Å². The highest BCUT2D eigenvalue weighted by atomic mass is 32.2. The van der Waals surface area contributed by atoms with Crippen LogP contribution < -0.4 is 0 Å². The Bertz CT molecular complexity index is 3550. The fraction of sp³-hybridized carbons (Fsp3) is 0.478. The van der Waals surface area contributed by atoms with Crippen LogP contribution in [0.25, 0.3) is 64.3 Å². The summed E-state index contributed by atoms with van der Waals surface area (Å²) in [6.45, 7) is 44.1. The third-order valence-electron chi connectivity index (χ3n) is 12.9. The zero-order valence-corrected chi connectivity index (χ0v) is 64.4. The zero-order valence-electron chi connectivity index (χ0n) is 61.2. The van der Waals surface area contributed by atoms with E-state index in [1.807, 2.05) is 266 Å². The monoisotopic (exact) mass is 1350 g/mol. The maximum Gasteiger partial charge on any atom is 0.153 e. The number of rotatable bonds is 0. The topological polar surface area (TPSA) is 200 Å². The van der Waals surface area contributed by atoms with Crippen molar-refractivity contribution in [2.75, 3.05) is 0 Å². The van der Waals surface area contributed by atoms with Crippen molar-refractivity contribution in [3.63, 3.8) is 0 Å². The largest absolute Gasteiger partial charge is 0.276 e. The van der Waals surface area contributed by atoms with E-state index in [4.69, 9.17) is 0 Å². The first-order valence-electron chi connectivity index (χ1n) is 32.0. The van der Waals surface area contributed by atoms with Crippen LogP contribution in [-0.2, 0) is 67.9 Å². The fourth-order valence-electron chi connectivity index (χ4n) is 8.98. The molecule has 0 atom stereocenters. The van der Waals surface area contributed by atoms with Crippen LogP contribution >= 0.6 is 45.8 Å². The second-order valence-electron chi connectivity index (χ2n) is 18.7. The average Bonchev–Trinajstić information content (AvgIpc) is 1.81. The molecule has 1 aromatic carbocycles. The molecule has 0 unspecified atom stereocenters. The van der Waals surface area contributed by atoms with E-state index in [1.165, 1.54) is 59.2 Å². The Kier molecular flexibility index (Phi) is 41.1. The average molecular weight is 1350 g/mol. The van der Waals surface area contributed by atoms with Gasteiger partial charge in [-0.05, 0) is 90.4 Å². The van der Waals surface area contributed by atoms with E-state index < -0.39 is 0 Å². The summed E-state index contributed by atoms with van der Waals surface area (Å²) in [6, 6.07) is 14.4. The number of nitrogens with one attached hydrogen (secondary N) is 2. The molecule has 1 aliphatic rings. The second kappa shape index (κ2) is 44.8. The highest BCUT2D eigenvalue weighted by Crippen LogP contribution is 2.31. The van der Waals surface area contributed by atoms with E-state index in [9.17, 15) is 0 Å². The van der Waals surface area contributed by atoms with Crippen molar-refractivity contribution in [1.29, 1.82) is 0 Å². The van der Waals surface area contributed by atoms with Crippen LogP contribution in [0.4, 0.5) is 0 Å². The molecule has 0 amide bonds. The first-order chi connectivity index (χ1) is 44.3. The molecule has 514 valence electrons. The Hall–Kier alpha value is -7.67. The van der Waals surface area contributed by atoms with E-state index in [1.54, 1.807) is 55.8 Å². The first-order valence-corrected chi connectivity index (χ1v) is 35.8. The molecule has 2 N–H and O–H groups in total. The van der Waals surface area contributed by atoms with Crippen LogP contribution in [0.3, 0.4) is 0 Å². The van der Waals surface area contributed by atoms with Crippen molar-refractivity contribution < 1.29 is 0 Å². The SMILES string of the molecule is C.CC.CC.CC.CC.CC.CC.CC.Cc1ccn(C)n1.Cc1nn(C)c2[nH]ncc12.Cc1nn(C)c2c1CSC2.Cc1nn(C)c2ccccc12.Cc1nn(C)c2ccsc12.Cc1nn(C)c2cn[nH]c12.Cc1nn(C)c2cscc12.Cc1nn(C)c2sccc12. The van der Waals surface area contributed by atoms with Crippen molar-refractivity contribution in [3.05, 3.63) is 139 Å². The van der Waals surface area contributed by atoms with Gasteiger partial charge < -0.3 is 0 Å². The van der Waals surface area contributed by atoms with Gasteiger partial charge in [-0.2, -0.15) is 62.7 Å². The van der Waals surface area contributed by atoms with Crippen LogP contribution in [0.15, 0.2) is 82.6 Å². The number of thiophene rings is 3. The summed E-state index contributed by atoms with van der Waals surface area (Å²) in [5.74, 6) is 2.31. The van der Waals surface area contributed by atoms with Gasteiger partial charge in [0.1, 0.15) is 15.9 Å². The number of fused-ring (bicyclic) bond motifs is 7. The lowest BCUT2D eigenvalue weighted by molar-refractivity contribution is 0.728. The first kappa shape index (κ1) is 85.3. The fourth-order valence-corrected chi connectivity index (χ4v) is 12.9. The number of hydrogen-bond donors (Lipinski definition) is 2. The molecule has 0 aliphatic carbocycles. The summed E-state index contributed by atoms with van der Waals surface area (Å²) in [5.41, 5.74) is 18.4. The summed E-state index contributed by atoms with van der Waals surface area (Å²) in [4.78, 5) is 1.26. The number of H-pyrrole nitrogens is 2. The lowest BCUT2D eigenvalue weighted by atomic mass is 10.2. The molecule has 20 nitrogen and oxygen atoms in total. The summed E-state index contributed by atoms with van der Waals surface area (Å²) in [7, 11) is 15.6. The van der Waals surface area contributed by atoms with Gasteiger partial charge in [-0.1, -0.05) is 123 Å². The Morgan fingerprint density at radius 3 is 1.44 bits per heavy atom. The predicted molar refractivity (Wildman–Crippen MR) is 408 cm³/mol. The molecule has 0 radical (unpaired) electrons. The molecule has 0 spiro atoms. The maximum absolute atomic E-state index is 4.34. The van der Waals surface area contributed by atoms with Gasteiger partial charge in [-0.3, -0.25) is 47.7 Å². The van der Waals surface area contributed by atoms with E-state index in [0.717, 1.165) is 73.4 Å². The van der Waals surface area contributed by atoms with Crippen LogP contribution in [-0.4, -0.2) is 98.6 Å². The minimum atomic E-state index is 0. The molecule has 0 saturated heterocycles. The van der Waals surface area contributed by atoms with Gasteiger partial charge in [0.2, 0.25) is 0 Å². The molecule has 15 rings (SSSR count). The van der Waals surface area contributed by atoms with Crippen LogP contribution in [0.1, 0.15) is 161 Å². The minimum absolute atomic E-state index is 0. The van der Waals surface area contributed by atoms with Crippen LogP contribution in [0.2, 0.25) is 0 Å². The molecule has 13 aromatic heterocycles. The smallest absolute Gasteiger partial charge is 0.153 e. The van der Waals surface area contributed by atoms with E-state index in [-0.39, 0.29) is 7.43 Å². The van der Waals surface area contributed by atoms with Gasteiger partial charge in [-0.25, -0.2) is 0 Å². The number of para-hydroxylation sites is 1. The second-order valence-corrected chi connectivity index (χ2v) is 22.3. The van der Waals surface area contributed by atoms with E-state index in [0.29, 0.717) is 0 Å². The molecular formula is C69H114N20S4. The van der Waals surface area contributed by atoms with Crippen LogP contribution in [0, 0.1) is 55.4 Å². The Morgan fingerprint density at radius 1 is 0.398 bits per heavy atom. The third-order valence-corrected chi connectivity index (χ3v) is 16.6. The quantitative estimate of drug-likeness (QED) is 0.146. The van der Waals surface area contributed by atoms with Gasteiger partial charge in [0.05, 0.1) is 90.3 Å². The molecule has 1 aliphatic heterocycles. The van der Waals surface area contributed by atoms with Gasteiger partial charge in [0.25, 0.3) is 0 Å². The lowest BCUT2D eigenvalue weighted by Gasteiger charge is -1.92. The number of thioether (sulfide) groups is 1. The van der Waals surface area contributed by atoms with E-state index >= 15 is 0 Å². The molecule has 24 heteroatoms. The summed E-state index contributed by atoms with van der Waals surface area (Å²) >= 11 is 7.19. The Morgan fingerprint density at radius 2 is 0.903 bits per heavy atom. The maximum atomic E-state index is 4.34. The van der Waals surface area contributed by atoms with Gasteiger partial charge in [0.15, 0.2) is 5.65 Å². The molecule has 0 fully saturated rings. The number of hydrogen-bond acceptors (Lipinski definition) is 14. The van der Waals surface area contributed by atoms with Gasteiger partial charge in [0, 0.05) is 107 Å². The summed E-state index contributed by atoms with van der Waals surface area (Å²) in [6.07, 6.45) is 5.49. The molecular weight excluding hydrogens is 1240 g/mol. The third kappa shape index (κ3) is 23.4. The molecule has 14 heterocycles. The standard InChI is InChI=1S/C9H10N2.C7H10N2S.3C7H8N2S.2C6H8N4.C5H8N2.7C2H6.CH4/c1-7-8-5-3-4-6-9(8)11(2)10-7;2*1-5-6-3-10-4-7(6)9(2)8-5;1-5-7-6(3-4-10-7)9(2)8-5;1-5-6-3-4-10-7(6)9(2)8-5;1-4-6-5(3-7-8-6)10(2)9-4;1-4-5-3-7-8-6(5)10(2)9-4;1-5-3-4-7(2)6-5;7*1-2;/h3-6H,1-2H3;3-4H2,1-2H3;3*3-4H,1-2H3;2*3H,1-2H3,(H,7,8);3-4H,1-2H3;7*1-2H3;1H4. The predicted octanol–water partition coefficient (Wildman–Crippen LogP) is 18.9. The van der Waals surface area contributed by atoms with Crippen molar-refractivity contribution in [3.8, 4) is 0 Å². The number of benzene rings is 1. The number of aryl methyl sites for hydroxylation is 16. The Labute approximate surface area is 572 Å². The van der Waals surface area contributed by atoms with Crippen LogP contribution in [0.5, 0.6) is 0 Å². The summed E-state index contributed by atoms with van der Waals surface area (Å²) in [5, 5.41) is 60.8. The van der Waals surface area contributed by atoms with Crippen molar-refractivity contribution in [1.82, 2.24) is 98.6 Å². The molecule has 93 heavy (non-hydrogen) atoms.